The molecular formula is C20H21NO4. The molecule has 0 aliphatic carbocycles. The molecule has 2 aliphatic rings. The van der Waals surface area contributed by atoms with Crippen LogP contribution in [0, 0.1) is 0 Å². The molecule has 1 saturated heterocycles. The van der Waals surface area contributed by atoms with Crippen molar-refractivity contribution in [3.63, 3.8) is 0 Å². The van der Waals surface area contributed by atoms with Crippen LogP contribution in [0.5, 0.6) is 17.2 Å². The highest BCUT2D eigenvalue weighted by molar-refractivity contribution is 5.95. The van der Waals surface area contributed by atoms with Gasteiger partial charge in [-0.15, -0.1) is 0 Å². The van der Waals surface area contributed by atoms with Gasteiger partial charge in [-0.05, 0) is 48.7 Å². The van der Waals surface area contributed by atoms with Crippen molar-refractivity contribution in [3.05, 3.63) is 53.6 Å². The van der Waals surface area contributed by atoms with E-state index >= 15 is 0 Å². The molecule has 2 heterocycles. The fraction of sp³-hybridized carbons (Fsp3) is 0.350. The normalized spacial score (nSPS) is 18.9. The lowest BCUT2D eigenvalue weighted by molar-refractivity contribution is 0.0734. The van der Waals surface area contributed by atoms with Crippen LogP contribution in [-0.4, -0.2) is 37.7 Å². The zero-order valence-corrected chi connectivity index (χ0v) is 14.2. The summed E-state index contributed by atoms with van der Waals surface area (Å²) in [5.41, 5.74) is 1.79. The first-order valence-electron chi connectivity index (χ1n) is 8.61. The number of fused-ring (bicyclic) bond motifs is 1. The standard InChI is InChI=1S/C20H21NO4/c1-23-16-7-4-14(5-8-16)17-3-2-10-21(17)20(22)15-6-9-18-19(13-15)25-12-11-24-18/h4-9,13,17H,2-3,10-12H2,1H3. The average Bonchev–Trinajstić information content (AvgIpc) is 3.17. The van der Waals surface area contributed by atoms with Gasteiger partial charge in [-0.1, -0.05) is 12.1 Å². The highest BCUT2D eigenvalue weighted by Gasteiger charge is 2.31. The van der Waals surface area contributed by atoms with Crippen molar-refractivity contribution in [1.29, 1.82) is 0 Å². The van der Waals surface area contributed by atoms with E-state index in [1.807, 2.05) is 41.3 Å². The Bertz CT molecular complexity index is 772. The molecule has 0 aromatic heterocycles. The van der Waals surface area contributed by atoms with E-state index in [2.05, 4.69) is 0 Å². The van der Waals surface area contributed by atoms with Gasteiger partial charge in [-0.3, -0.25) is 4.79 Å². The van der Waals surface area contributed by atoms with E-state index < -0.39 is 0 Å². The Morgan fingerprint density at radius 1 is 1.08 bits per heavy atom. The van der Waals surface area contributed by atoms with Crippen LogP contribution in [0.3, 0.4) is 0 Å². The molecule has 1 amide bonds. The summed E-state index contributed by atoms with van der Waals surface area (Å²) in [4.78, 5) is 15.0. The lowest BCUT2D eigenvalue weighted by Gasteiger charge is -2.26. The molecule has 2 aromatic rings. The van der Waals surface area contributed by atoms with E-state index in [-0.39, 0.29) is 11.9 Å². The van der Waals surface area contributed by atoms with Gasteiger partial charge in [0.25, 0.3) is 5.91 Å². The minimum atomic E-state index is 0.0373. The monoisotopic (exact) mass is 339 g/mol. The summed E-state index contributed by atoms with van der Waals surface area (Å²) in [6, 6.07) is 13.5. The molecular weight excluding hydrogens is 318 g/mol. The van der Waals surface area contributed by atoms with Gasteiger partial charge < -0.3 is 19.1 Å². The van der Waals surface area contributed by atoms with Crippen molar-refractivity contribution in [3.8, 4) is 17.2 Å². The Hall–Kier alpha value is -2.69. The van der Waals surface area contributed by atoms with E-state index in [1.165, 1.54) is 0 Å². The number of methoxy groups -OCH3 is 1. The van der Waals surface area contributed by atoms with Crippen LogP contribution in [0.25, 0.3) is 0 Å². The Morgan fingerprint density at radius 3 is 2.60 bits per heavy atom. The van der Waals surface area contributed by atoms with E-state index in [0.717, 1.165) is 30.7 Å². The zero-order chi connectivity index (χ0) is 17.2. The summed E-state index contributed by atoms with van der Waals surface area (Å²) in [6.07, 6.45) is 1.98. The van der Waals surface area contributed by atoms with Crippen molar-refractivity contribution in [2.24, 2.45) is 0 Å². The Balaban J connectivity index is 1.58. The zero-order valence-electron chi connectivity index (χ0n) is 14.2. The third-order valence-corrected chi connectivity index (χ3v) is 4.80. The Labute approximate surface area is 147 Å². The van der Waals surface area contributed by atoms with Crippen LogP contribution in [-0.2, 0) is 0 Å². The molecule has 25 heavy (non-hydrogen) atoms. The predicted octanol–water partition coefficient (Wildman–Crippen LogP) is 3.44. The minimum absolute atomic E-state index is 0.0373. The fourth-order valence-corrected chi connectivity index (χ4v) is 3.52. The number of amides is 1. The molecule has 4 rings (SSSR count). The molecule has 5 heteroatoms. The third kappa shape index (κ3) is 3.02. The first kappa shape index (κ1) is 15.8. The van der Waals surface area contributed by atoms with Crippen LogP contribution in [0.2, 0.25) is 0 Å². The molecule has 2 aromatic carbocycles. The number of ether oxygens (including phenoxy) is 3. The van der Waals surface area contributed by atoms with E-state index in [1.54, 1.807) is 13.2 Å². The predicted molar refractivity (Wildman–Crippen MR) is 93.4 cm³/mol. The molecule has 0 N–H and O–H groups in total. The maximum Gasteiger partial charge on any atom is 0.254 e. The molecule has 0 spiro atoms. The summed E-state index contributed by atoms with van der Waals surface area (Å²) in [5.74, 6) is 2.22. The number of rotatable bonds is 3. The van der Waals surface area contributed by atoms with Crippen LogP contribution in [0.4, 0.5) is 0 Å². The molecule has 1 atom stereocenters. The second-order valence-corrected chi connectivity index (χ2v) is 6.29. The van der Waals surface area contributed by atoms with Crippen molar-refractivity contribution in [2.75, 3.05) is 26.9 Å². The highest BCUT2D eigenvalue weighted by Crippen LogP contribution is 2.36. The number of carbonyl (C=O) groups is 1. The van der Waals surface area contributed by atoms with Crippen molar-refractivity contribution >= 4 is 5.91 Å². The van der Waals surface area contributed by atoms with Gasteiger partial charge in [0.1, 0.15) is 19.0 Å². The van der Waals surface area contributed by atoms with Crippen LogP contribution in [0.1, 0.15) is 34.8 Å². The van der Waals surface area contributed by atoms with Crippen LogP contribution >= 0.6 is 0 Å². The lowest BCUT2D eigenvalue weighted by Crippen LogP contribution is -2.30. The first-order chi connectivity index (χ1) is 12.3. The van der Waals surface area contributed by atoms with Crippen molar-refractivity contribution in [2.45, 2.75) is 18.9 Å². The quantitative estimate of drug-likeness (QED) is 0.859. The molecule has 1 unspecified atom stereocenters. The third-order valence-electron chi connectivity index (χ3n) is 4.80. The number of benzene rings is 2. The maximum absolute atomic E-state index is 13.0. The van der Waals surface area contributed by atoms with E-state index in [9.17, 15) is 4.79 Å². The van der Waals surface area contributed by atoms with Gasteiger partial charge >= 0.3 is 0 Å². The topological polar surface area (TPSA) is 48.0 Å². The molecule has 0 radical (unpaired) electrons. The molecule has 2 aliphatic heterocycles. The summed E-state index contributed by atoms with van der Waals surface area (Å²) in [5, 5.41) is 0. The number of nitrogens with zero attached hydrogens (tertiary/aromatic N) is 1. The number of hydrogen-bond acceptors (Lipinski definition) is 4. The lowest BCUT2D eigenvalue weighted by atomic mass is 10.0. The SMILES string of the molecule is COc1ccc(C2CCCN2C(=O)c2ccc3c(c2)OCCO3)cc1. The van der Waals surface area contributed by atoms with E-state index in [0.29, 0.717) is 30.3 Å². The molecule has 5 nitrogen and oxygen atoms in total. The smallest absolute Gasteiger partial charge is 0.254 e. The minimum Gasteiger partial charge on any atom is -0.497 e. The molecule has 130 valence electrons. The average molecular weight is 339 g/mol. The Kier molecular flexibility index (Phi) is 4.22. The van der Waals surface area contributed by atoms with Crippen LogP contribution in [0.15, 0.2) is 42.5 Å². The summed E-state index contributed by atoms with van der Waals surface area (Å²) in [7, 11) is 1.66. The van der Waals surface area contributed by atoms with Gasteiger partial charge in [-0.25, -0.2) is 0 Å². The summed E-state index contributed by atoms with van der Waals surface area (Å²) < 4.78 is 16.4. The fourth-order valence-electron chi connectivity index (χ4n) is 3.52. The van der Waals surface area contributed by atoms with Crippen molar-refractivity contribution < 1.29 is 19.0 Å². The van der Waals surface area contributed by atoms with Gasteiger partial charge in [0.2, 0.25) is 0 Å². The van der Waals surface area contributed by atoms with Crippen LogP contribution < -0.4 is 14.2 Å². The van der Waals surface area contributed by atoms with Gasteiger partial charge in [0.15, 0.2) is 11.5 Å². The molecule has 1 fully saturated rings. The van der Waals surface area contributed by atoms with Crippen molar-refractivity contribution in [1.82, 2.24) is 4.90 Å². The molecule has 0 saturated carbocycles. The summed E-state index contributed by atoms with van der Waals surface area (Å²) in [6.45, 7) is 1.83. The summed E-state index contributed by atoms with van der Waals surface area (Å²) >= 11 is 0. The van der Waals surface area contributed by atoms with Gasteiger partial charge in [0.05, 0.1) is 13.2 Å². The number of carbonyl (C=O) groups excluding carboxylic acids is 1. The highest BCUT2D eigenvalue weighted by atomic mass is 16.6. The number of likely N-dealkylation sites (tertiary alicyclic amines) is 1. The van der Waals surface area contributed by atoms with E-state index in [4.69, 9.17) is 14.2 Å². The second kappa shape index (κ2) is 6.67. The van der Waals surface area contributed by atoms with Gasteiger partial charge in [0, 0.05) is 12.1 Å². The largest absolute Gasteiger partial charge is 0.497 e. The number of hydrogen-bond donors (Lipinski definition) is 0. The Morgan fingerprint density at radius 2 is 1.84 bits per heavy atom. The van der Waals surface area contributed by atoms with Gasteiger partial charge in [-0.2, -0.15) is 0 Å². The first-order valence-corrected chi connectivity index (χ1v) is 8.61. The molecule has 0 bridgehead atoms. The second-order valence-electron chi connectivity index (χ2n) is 6.29. The maximum atomic E-state index is 13.0.